The van der Waals surface area contributed by atoms with Crippen molar-refractivity contribution in [3.05, 3.63) is 54.1 Å². The minimum absolute atomic E-state index is 0.00344. The predicted octanol–water partition coefficient (Wildman–Crippen LogP) is 5.56. The van der Waals surface area contributed by atoms with Crippen molar-refractivity contribution in [1.29, 1.82) is 0 Å². The van der Waals surface area contributed by atoms with E-state index in [2.05, 4.69) is 4.74 Å². The van der Waals surface area contributed by atoms with E-state index in [-0.39, 0.29) is 51.7 Å². The van der Waals surface area contributed by atoms with Crippen LogP contribution >= 0.6 is 0 Å². The van der Waals surface area contributed by atoms with Crippen LogP contribution in [0.25, 0.3) is 0 Å². The molecule has 0 aliphatic heterocycles. The van der Waals surface area contributed by atoms with Gasteiger partial charge in [0.2, 0.25) is 5.92 Å². The van der Waals surface area contributed by atoms with Crippen LogP contribution in [-0.4, -0.2) is 80.0 Å². The highest BCUT2D eigenvalue weighted by atomic mass is 19.4. The Hall–Kier alpha value is -3.65. The van der Waals surface area contributed by atoms with Gasteiger partial charge in [-0.3, -0.25) is 0 Å². The third kappa shape index (κ3) is 14.0. The number of alkyl halides is 5. The molecule has 2 rings (SSSR count). The number of amides is 1. The van der Waals surface area contributed by atoms with Gasteiger partial charge < -0.3 is 33.7 Å². The van der Waals surface area contributed by atoms with Crippen molar-refractivity contribution in [2.24, 2.45) is 0 Å². The fraction of sp³-hybridized carbons (Fsp3) is 0.481. The second-order valence-electron chi connectivity index (χ2n) is 8.79. The second-order valence-corrected chi connectivity index (χ2v) is 8.79. The van der Waals surface area contributed by atoms with Gasteiger partial charge >= 0.3 is 18.4 Å². The van der Waals surface area contributed by atoms with Crippen molar-refractivity contribution in [3.63, 3.8) is 0 Å². The molecular formula is C27H32F5NO8. The van der Waals surface area contributed by atoms with Crippen LogP contribution in [-0.2, 0) is 20.7 Å². The molecule has 228 valence electrons. The average molecular weight is 594 g/mol. The molecule has 1 atom stereocenters. The zero-order chi connectivity index (χ0) is 30.5. The molecule has 0 aromatic heterocycles. The summed E-state index contributed by atoms with van der Waals surface area (Å²) in [7, 11) is 0. The minimum atomic E-state index is -4.87. The van der Waals surface area contributed by atoms with E-state index in [1.54, 1.807) is 31.2 Å². The second kappa shape index (κ2) is 16.0. The molecular weight excluding hydrogens is 561 g/mol. The van der Waals surface area contributed by atoms with Crippen molar-refractivity contribution >= 4 is 12.1 Å². The van der Waals surface area contributed by atoms with Gasteiger partial charge in [0.25, 0.3) is 0 Å². The van der Waals surface area contributed by atoms with Crippen LogP contribution in [0, 0.1) is 0 Å². The summed E-state index contributed by atoms with van der Waals surface area (Å²) in [6.07, 6.45) is -7.06. The Bertz CT molecular complexity index is 1080. The van der Waals surface area contributed by atoms with Crippen LogP contribution in [0.5, 0.6) is 17.2 Å². The van der Waals surface area contributed by atoms with Crippen molar-refractivity contribution in [2.45, 2.75) is 45.1 Å². The van der Waals surface area contributed by atoms with Crippen molar-refractivity contribution in [3.8, 4) is 17.2 Å². The van der Waals surface area contributed by atoms with Gasteiger partial charge in [0, 0.05) is 26.0 Å². The number of carboxylic acid groups (broad SMARTS) is 1. The number of carbonyl (C=O) groups excluding carboxylic acids is 1. The zero-order valence-corrected chi connectivity index (χ0v) is 22.5. The number of aliphatic carboxylic acids is 1. The number of rotatable bonds is 17. The molecule has 1 unspecified atom stereocenters. The molecule has 0 radical (unpaired) electrons. The quantitative estimate of drug-likeness (QED) is 0.188. The van der Waals surface area contributed by atoms with E-state index < -0.39 is 42.6 Å². The van der Waals surface area contributed by atoms with Gasteiger partial charge in [-0.2, -0.15) is 0 Å². The largest absolute Gasteiger partial charge is 0.573 e. The Kier molecular flexibility index (Phi) is 13.1. The Labute approximate surface area is 233 Å². The minimum Gasteiger partial charge on any atom is -0.492 e. The average Bonchev–Trinajstić information content (AvgIpc) is 2.87. The first-order valence-electron chi connectivity index (χ1n) is 12.6. The molecule has 0 aliphatic carbocycles. The van der Waals surface area contributed by atoms with Gasteiger partial charge in [0.05, 0.1) is 19.8 Å². The Morgan fingerprint density at radius 2 is 1.46 bits per heavy atom. The fourth-order valence-corrected chi connectivity index (χ4v) is 3.33. The molecule has 0 saturated carbocycles. The van der Waals surface area contributed by atoms with Gasteiger partial charge in [0.1, 0.15) is 23.9 Å². The molecule has 0 fully saturated rings. The van der Waals surface area contributed by atoms with E-state index in [0.717, 1.165) is 31.2 Å². The highest BCUT2D eigenvalue weighted by Gasteiger charge is 2.31. The lowest BCUT2D eigenvalue weighted by molar-refractivity contribution is -0.274. The molecule has 2 aromatic carbocycles. The standard InChI is InChI=1S/C27H32F5NO8/c1-3-38-23(24(34)35)18-19-4-6-20(7-5-19)39-17-14-33(13-16-37-15-12-26(2,28)29)25(36)40-21-8-10-22(11-9-21)41-27(30,31)32/h4-11,23H,3,12-18H2,1-2H3,(H,34,35). The van der Waals surface area contributed by atoms with Gasteiger partial charge in [-0.15, -0.1) is 13.2 Å². The summed E-state index contributed by atoms with van der Waals surface area (Å²) >= 11 is 0. The van der Waals surface area contributed by atoms with E-state index in [1.807, 2.05) is 0 Å². The first kappa shape index (κ1) is 33.6. The number of nitrogens with zero attached hydrogens (tertiary/aromatic N) is 1. The maximum Gasteiger partial charge on any atom is 0.573 e. The number of carbonyl (C=O) groups is 2. The number of benzene rings is 2. The molecule has 0 saturated heterocycles. The van der Waals surface area contributed by atoms with E-state index in [1.165, 1.54) is 4.90 Å². The molecule has 0 aliphatic rings. The van der Waals surface area contributed by atoms with Gasteiger partial charge in [-0.25, -0.2) is 18.4 Å². The highest BCUT2D eigenvalue weighted by molar-refractivity contribution is 5.72. The van der Waals surface area contributed by atoms with Crippen molar-refractivity contribution in [2.75, 3.05) is 39.5 Å². The van der Waals surface area contributed by atoms with Crippen LogP contribution in [0.1, 0.15) is 25.8 Å². The number of halogens is 5. The zero-order valence-electron chi connectivity index (χ0n) is 22.5. The SMILES string of the molecule is CCOC(Cc1ccc(OCCN(CCOCCC(C)(F)F)C(=O)Oc2ccc(OC(F)(F)F)cc2)cc1)C(=O)O. The van der Waals surface area contributed by atoms with E-state index in [0.29, 0.717) is 11.3 Å². The van der Waals surface area contributed by atoms with Crippen LogP contribution in [0.15, 0.2) is 48.5 Å². The van der Waals surface area contributed by atoms with Crippen molar-refractivity contribution in [1.82, 2.24) is 4.90 Å². The third-order valence-electron chi connectivity index (χ3n) is 5.33. The summed E-state index contributed by atoms with van der Waals surface area (Å²) in [5.41, 5.74) is 0.713. The first-order valence-corrected chi connectivity index (χ1v) is 12.6. The van der Waals surface area contributed by atoms with Crippen LogP contribution in [0.4, 0.5) is 26.7 Å². The lowest BCUT2D eigenvalue weighted by Crippen LogP contribution is -2.39. The van der Waals surface area contributed by atoms with E-state index >= 15 is 0 Å². The number of hydrogen-bond acceptors (Lipinski definition) is 7. The number of ether oxygens (including phenoxy) is 5. The van der Waals surface area contributed by atoms with Gasteiger partial charge in [-0.1, -0.05) is 12.1 Å². The molecule has 14 heteroatoms. The maximum absolute atomic E-state index is 13.0. The molecule has 0 spiro atoms. The molecule has 0 bridgehead atoms. The normalized spacial score (nSPS) is 12.5. The summed E-state index contributed by atoms with van der Waals surface area (Å²) in [5, 5.41) is 9.23. The highest BCUT2D eigenvalue weighted by Crippen LogP contribution is 2.25. The summed E-state index contributed by atoms with van der Waals surface area (Å²) in [6, 6.07) is 10.8. The Morgan fingerprint density at radius 3 is 2.02 bits per heavy atom. The molecule has 1 N–H and O–H groups in total. The van der Waals surface area contributed by atoms with Crippen molar-refractivity contribution < 1.29 is 60.3 Å². The van der Waals surface area contributed by atoms with E-state index in [4.69, 9.17) is 18.9 Å². The van der Waals surface area contributed by atoms with E-state index in [9.17, 15) is 36.6 Å². The van der Waals surface area contributed by atoms with Crippen LogP contribution in [0.3, 0.4) is 0 Å². The molecule has 0 heterocycles. The predicted molar refractivity (Wildman–Crippen MR) is 135 cm³/mol. The lowest BCUT2D eigenvalue weighted by Gasteiger charge is -2.22. The summed E-state index contributed by atoms with van der Waals surface area (Å²) in [5.74, 6) is -4.08. The van der Waals surface area contributed by atoms with Gasteiger partial charge in [0.15, 0.2) is 6.10 Å². The van der Waals surface area contributed by atoms with Crippen LogP contribution < -0.4 is 14.2 Å². The van der Waals surface area contributed by atoms with Crippen LogP contribution in [0.2, 0.25) is 0 Å². The first-order chi connectivity index (χ1) is 19.3. The molecule has 2 aromatic rings. The molecule has 41 heavy (non-hydrogen) atoms. The summed E-state index contributed by atoms with van der Waals surface area (Å²) in [6.45, 7) is 2.35. The monoisotopic (exact) mass is 593 g/mol. The Balaban J connectivity index is 1.95. The fourth-order valence-electron chi connectivity index (χ4n) is 3.33. The molecule has 1 amide bonds. The van der Waals surface area contributed by atoms with Gasteiger partial charge in [-0.05, 0) is 55.8 Å². The number of carboxylic acids is 1. The Morgan fingerprint density at radius 1 is 0.878 bits per heavy atom. The lowest BCUT2D eigenvalue weighted by atomic mass is 10.1. The third-order valence-corrected chi connectivity index (χ3v) is 5.33. The summed E-state index contributed by atoms with van der Waals surface area (Å²) < 4.78 is 88.2. The topological polar surface area (TPSA) is 104 Å². The number of hydrogen-bond donors (Lipinski definition) is 1. The summed E-state index contributed by atoms with van der Waals surface area (Å²) in [4.78, 5) is 25.2. The smallest absolute Gasteiger partial charge is 0.492 e. The maximum atomic E-state index is 13.0. The molecule has 9 nitrogen and oxygen atoms in total.